The third-order valence-corrected chi connectivity index (χ3v) is 4.97. The molecule has 3 aromatic heterocycles. The van der Waals surface area contributed by atoms with E-state index < -0.39 is 4.92 Å². The molecule has 0 atom stereocenters. The lowest BCUT2D eigenvalue weighted by Crippen LogP contribution is -2.03. The number of furan rings is 1. The number of nitrogens with zero attached hydrogens (tertiary/aromatic N) is 4. The highest BCUT2D eigenvalue weighted by atomic mass is 16.6. The molecule has 0 N–H and O–H groups in total. The van der Waals surface area contributed by atoms with Crippen molar-refractivity contribution in [2.45, 2.75) is 20.4 Å². The van der Waals surface area contributed by atoms with Crippen molar-refractivity contribution in [2.24, 2.45) is 0 Å². The predicted octanol–water partition coefficient (Wildman–Crippen LogP) is 4.74. The van der Waals surface area contributed by atoms with Crippen LogP contribution in [-0.2, 0) is 6.54 Å². The molecule has 1 aromatic carbocycles. The van der Waals surface area contributed by atoms with E-state index in [1.165, 1.54) is 10.8 Å². The Morgan fingerprint density at radius 3 is 2.48 bits per heavy atom. The van der Waals surface area contributed by atoms with Crippen LogP contribution in [0.25, 0.3) is 11.8 Å². The summed E-state index contributed by atoms with van der Waals surface area (Å²) in [7, 11) is 0. The van der Waals surface area contributed by atoms with Crippen LogP contribution >= 0.6 is 0 Å². The normalized spacial score (nSPS) is 11.3. The Bertz CT molecular complexity index is 1260. The number of carbonyl (C=O) groups excluding carboxylic acids is 1. The monoisotopic (exact) mass is 416 g/mol. The van der Waals surface area contributed by atoms with Gasteiger partial charge in [-0.3, -0.25) is 19.6 Å². The van der Waals surface area contributed by atoms with Crippen molar-refractivity contribution >= 4 is 17.5 Å². The zero-order valence-electron chi connectivity index (χ0n) is 17.1. The number of hydrogen-bond donors (Lipinski definition) is 0. The van der Waals surface area contributed by atoms with E-state index in [1.54, 1.807) is 44.2 Å². The van der Waals surface area contributed by atoms with E-state index in [4.69, 9.17) is 4.42 Å². The first kappa shape index (κ1) is 20.1. The third-order valence-electron chi connectivity index (χ3n) is 4.97. The fourth-order valence-electron chi connectivity index (χ4n) is 3.38. The molecular formula is C23H20N4O4. The molecule has 8 heteroatoms. The maximum Gasteiger partial charge on any atom is 0.312 e. The molecule has 0 aliphatic carbocycles. The van der Waals surface area contributed by atoms with Gasteiger partial charge in [0, 0.05) is 23.6 Å². The second kappa shape index (κ2) is 8.27. The van der Waals surface area contributed by atoms with E-state index in [1.807, 2.05) is 41.2 Å². The summed E-state index contributed by atoms with van der Waals surface area (Å²) in [6.45, 7) is 3.53. The lowest BCUT2D eigenvalue weighted by Gasteiger charge is -2.03. The highest BCUT2D eigenvalue weighted by Crippen LogP contribution is 2.23. The summed E-state index contributed by atoms with van der Waals surface area (Å²) in [4.78, 5) is 23.2. The van der Waals surface area contributed by atoms with Crippen LogP contribution in [0.4, 0.5) is 5.69 Å². The van der Waals surface area contributed by atoms with Gasteiger partial charge >= 0.3 is 5.69 Å². The fraction of sp³-hybridized carbons (Fsp3) is 0.130. The second-order valence-electron chi connectivity index (χ2n) is 7.07. The number of nitro groups is 1. The van der Waals surface area contributed by atoms with Crippen LogP contribution < -0.4 is 0 Å². The molecule has 0 aliphatic rings. The molecule has 156 valence electrons. The average Bonchev–Trinajstić information content (AvgIpc) is 3.48. The molecule has 0 fully saturated rings. The summed E-state index contributed by atoms with van der Waals surface area (Å²) in [6, 6.07) is 14.7. The Hall–Kier alpha value is -4.20. The number of carbonyl (C=O) groups is 1. The maximum atomic E-state index is 12.4. The van der Waals surface area contributed by atoms with Crippen LogP contribution in [0.15, 0.2) is 71.4 Å². The molecule has 0 radical (unpaired) electrons. The van der Waals surface area contributed by atoms with Gasteiger partial charge in [-0.1, -0.05) is 0 Å². The van der Waals surface area contributed by atoms with Crippen LogP contribution in [0, 0.1) is 24.0 Å². The zero-order valence-corrected chi connectivity index (χ0v) is 17.1. The lowest BCUT2D eigenvalue weighted by atomic mass is 10.1. The largest absolute Gasteiger partial charge is 0.460 e. The van der Waals surface area contributed by atoms with Crippen molar-refractivity contribution in [2.75, 3.05) is 0 Å². The van der Waals surface area contributed by atoms with Crippen LogP contribution in [-0.4, -0.2) is 25.1 Å². The minimum absolute atomic E-state index is 0.0140. The number of benzene rings is 1. The highest BCUT2D eigenvalue weighted by molar-refractivity contribution is 6.06. The SMILES string of the molecule is Cc1nn(Cc2ccc(/C=C/C(=O)c3ccc(-n4cccc4)cc3)o2)c(C)c1[N+](=O)[O-]. The van der Waals surface area contributed by atoms with Crippen LogP contribution in [0.2, 0.25) is 0 Å². The first-order valence-corrected chi connectivity index (χ1v) is 9.65. The average molecular weight is 416 g/mol. The van der Waals surface area contributed by atoms with Gasteiger partial charge in [-0.05, 0) is 74.5 Å². The topological polar surface area (TPSA) is 96.1 Å². The highest BCUT2D eigenvalue weighted by Gasteiger charge is 2.22. The molecule has 8 nitrogen and oxygen atoms in total. The zero-order chi connectivity index (χ0) is 22.0. The van der Waals surface area contributed by atoms with Gasteiger partial charge in [-0.2, -0.15) is 5.10 Å². The van der Waals surface area contributed by atoms with Crippen molar-refractivity contribution in [3.8, 4) is 5.69 Å². The number of aromatic nitrogens is 3. The molecule has 4 rings (SSSR count). The van der Waals surface area contributed by atoms with Crippen LogP contribution in [0.3, 0.4) is 0 Å². The van der Waals surface area contributed by atoms with E-state index in [0.29, 0.717) is 28.5 Å². The molecule has 4 aromatic rings. The molecule has 0 amide bonds. The molecule has 0 saturated carbocycles. The van der Waals surface area contributed by atoms with E-state index >= 15 is 0 Å². The van der Waals surface area contributed by atoms with Crippen molar-refractivity contribution in [1.29, 1.82) is 0 Å². The van der Waals surface area contributed by atoms with Gasteiger partial charge < -0.3 is 8.98 Å². The van der Waals surface area contributed by atoms with Crippen molar-refractivity contribution in [1.82, 2.24) is 14.3 Å². The summed E-state index contributed by atoms with van der Waals surface area (Å²) < 4.78 is 9.24. The van der Waals surface area contributed by atoms with Crippen molar-refractivity contribution in [3.63, 3.8) is 0 Å². The standard InChI is InChI=1S/C23H20N4O4/c1-16-23(27(29)30)17(2)26(24-16)15-21-10-9-20(31-21)11-12-22(28)18-5-7-19(8-6-18)25-13-3-4-14-25/h3-14H,15H2,1-2H3/b12-11+. The second-order valence-corrected chi connectivity index (χ2v) is 7.07. The summed E-state index contributed by atoms with van der Waals surface area (Å²) in [5.74, 6) is 0.971. The minimum Gasteiger partial charge on any atom is -0.460 e. The molecule has 0 unspecified atom stereocenters. The Labute approximate surface area is 178 Å². The van der Waals surface area contributed by atoms with E-state index in [9.17, 15) is 14.9 Å². The number of hydrogen-bond acceptors (Lipinski definition) is 5. The Balaban J connectivity index is 1.43. The van der Waals surface area contributed by atoms with Crippen LogP contribution in [0.1, 0.15) is 33.3 Å². The number of rotatable bonds is 7. The van der Waals surface area contributed by atoms with Crippen molar-refractivity contribution < 1.29 is 14.1 Å². The van der Waals surface area contributed by atoms with Gasteiger partial charge in [-0.25, -0.2) is 0 Å². The smallest absolute Gasteiger partial charge is 0.312 e. The van der Waals surface area contributed by atoms with Gasteiger partial charge in [0.1, 0.15) is 22.9 Å². The van der Waals surface area contributed by atoms with Crippen LogP contribution in [0.5, 0.6) is 0 Å². The number of aryl methyl sites for hydroxylation is 1. The molecular weight excluding hydrogens is 396 g/mol. The number of allylic oxidation sites excluding steroid dienone is 1. The fourth-order valence-corrected chi connectivity index (χ4v) is 3.38. The molecule has 0 spiro atoms. The molecule has 3 heterocycles. The van der Waals surface area contributed by atoms with E-state index in [-0.39, 0.29) is 18.0 Å². The van der Waals surface area contributed by atoms with E-state index in [2.05, 4.69) is 5.10 Å². The molecule has 0 aliphatic heterocycles. The van der Waals surface area contributed by atoms with Gasteiger partial charge in [-0.15, -0.1) is 0 Å². The van der Waals surface area contributed by atoms with E-state index in [0.717, 1.165) is 5.69 Å². The predicted molar refractivity (Wildman–Crippen MR) is 115 cm³/mol. The quantitative estimate of drug-likeness (QED) is 0.188. The molecule has 0 bridgehead atoms. The van der Waals surface area contributed by atoms with Crippen molar-refractivity contribution in [3.05, 3.63) is 106 Å². The van der Waals surface area contributed by atoms with Gasteiger partial charge in [0.15, 0.2) is 5.78 Å². The minimum atomic E-state index is -0.429. The Morgan fingerprint density at radius 2 is 1.84 bits per heavy atom. The van der Waals surface area contributed by atoms with Gasteiger partial charge in [0.2, 0.25) is 0 Å². The van der Waals surface area contributed by atoms with Gasteiger partial charge in [0.05, 0.1) is 11.5 Å². The molecule has 31 heavy (non-hydrogen) atoms. The lowest BCUT2D eigenvalue weighted by molar-refractivity contribution is -0.386. The summed E-state index contributed by atoms with van der Waals surface area (Å²) in [6.07, 6.45) is 6.95. The number of ketones is 1. The Kier molecular flexibility index (Phi) is 5.36. The first-order chi connectivity index (χ1) is 14.9. The summed E-state index contributed by atoms with van der Waals surface area (Å²) in [5, 5.41) is 15.4. The maximum absolute atomic E-state index is 12.4. The van der Waals surface area contributed by atoms with Gasteiger partial charge in [0.25, 0.3) is 0 Å². The Morgan fingerprint density at radius 1 is 1.13 bits per heavy atom. The third kappa shape index (κ3) is 4.23. The molecule has 0 saturated heterocycles. The summed E-state index contributed by atoms with van der Waals surface area (Å²) in [5.41, 5.74) is 2.40. The summed E-state index contributed by atoms with van der Waals surface area (Å²) >= 11 is 0. The first-order valence-electron chi connectivity index (χ1n) is 9.65.